The summed E-state index contributed by atoms with van der Waals surface area (Å²) in [4.78, 5) is 0. The largest absolute Gasteiger partial charge is 0.522 e. The van der Waals surface area contributed by atoms with Crippen molar-refractivity contribution in [3.05, 3.63) is 28.8 Å². The van der Waals surface area contributed by atoms with Crippen LogP contribution in [0.5, 0.6) is 5.75 Å². The lowest BCUT2D eigenvalue weighted by molar-refractivity contribution is -0.325. The summed E-state index contributed by atoms with van der Waals surface area (Å²) in [6, 6.07) is 4.17. The fraction of sp³-hybridized carbons (Fsp3) is 0.300. The summed E-state index contributed by atoms with van der Waals surface area (Å²) in [5.74, 6) is 0.0576. The lowest BCUT2D eigenvalue weighted by Gasteiger charge is -2.10. The van der Waals surface area contributed by atoms with Crippen molar-refractivity contribution in [2.75, 3.05) is 13.2 Å². The number of amidine groups is 1. The van der Waals surface area contributed by atoms with E-state index >= 15 is 0 Å². The molecule has 0 saturated carbocycles. The molecule has 0 fully saturated rings. The van der Waals surface area contributed by atoms with Crippen LogP contribution < -0.4 is 10.5 Å². The number of nitrogens with zero attached hydrogens (tertiary/aromatic N) is 1. The van der Waals surface area contributed by atoms with E-state index in [0.29, 0.717) is 0 Å². The molecule has 0 atom stereocenters. The fourth-order valence-electron chi connectivity index (χ4n) is 1.16. The second kappa shape index (κ2) is 6.48. The van der Waals surface area contributed by atoms with E-state index < -0.39 is 13.0 Å². The van der Waals surface area contributed by atoms with E-state index in [9.17, 15) is 13.2 Å². The molecule has 1 rings (SSSR count). The molecule has 1 aromatic rings. The van der Waals surface area contributed by atoms with Gasteiger partial charge in [-0.1, -0.05) is 16.8 Å². The normalized spacial score (nSPS) is 12.5. The Labute approximate surface area is 111 Å². The van der Waals surface area contributed by atoms with Crippen LogP contribution >= 0.6 is 11.6 Å². The molecule has 0 saturated heterocycles. The molecule has 0 unspecified atom stereocenters. The van der Waals surface area contributed by atoms with Crippen LogP contribution in [-0.2, 0) is 4.74 Å². The van der Waals surface area contributed by atoms with Gasteiger partial charge in [-0.05, 0) is 18.2 Å². The van der Waals surface area contributed by atoms with E-state index in [2.05, 4.69) is 9.89 Å². The molecule has 3 N–H and O–H groups in total. The molecule has 0 aliphatic heterocycles. The summed E-state index contributed by atoms with van der Waals surface area (Å²) in [6.07, 6.45) is -4.68. The Hall–Kier alpha value is -1.67. The van der Waals surface area contributed by atoms with Crippen molar-refractivity contribution < 1.29 is 27.9 Å². The van der Waals surface area contributed by atoms with Crippen LogP contribution in [0.2, 0.25) is 5.02 Å². The van der Waals surface area contributed by atoms with Crippen LogP contribution in [-0.4, -0.2) is 30.6 Å². The van der Waals surface area contributed by atoms with Crippen molar-refractivity contribution in [3.8, 4) is 5.75 Å². The molecule has 5 nitrogen and oxygen atoms in total. The number of alkyl halides is 3. The highest BCUT2D eigenvalue weighted by Gasteiger charge is 2.28. The summed E-state index contributed by atoms with van der Waals surface area (Å²) in [6.45, 7) is -0.929. The number of oxime groups is 1. The Balaban J connectivity index is 2.55. The molecule has 0 spiro atoms. The zero-order valence-corrected chi connectivity index (χ0v) is 10.2. The van der Waals surface area contributed by atoms with Gasteiger partial charge in [0.2, 0.25) is 0 Å². The van der Waals surface area contributed by atoms with Crippen molar-refractivity contribution in [1.82, 2.24) is 0 Å². The number of rotatable bonds is 5. The second-order valence-corrected chi connectivity index (χ2v) is 3.68. The van der Waals surface area contributed by atoms with E-state index in [1.54, 1.807) is 0 Å². The van der Waals surface area contributed by atoms with Gasteiger partial charge in [0.25, 0.3) is 0 Å². The molecular weight excluding hydrogens is 289 g/mol. The standard InChI is InChI=1S/C10H10ClF3N2O3/c11-8-5-6(1-2-7(8)9(15)16-17)18-3-4-19-10(12,13)14/h1-2,5,17H,3-4H2,(H2,15,16). The van der Waals surface area contributed by atoms with E-state index in [1.807, 2.05) is 0 Å². The van der Waals surface area contributed by atoms with Gasteiger partial charge in [0.15, 0.2) is 5.84 Å². The van der Waals surface area contributed by atoms with Crippen molar-refractivity contribution in [2.45, 2.75) is 6.36 Å². The van der Waals surface area contributed by atoms with Gasteiger partial charge in [0.05, 0.1) is 11.6 Å². The van der Waals surface area contributed by atoms with Gasteiger partial charge in [-0.3, -0.25) is 4.74 Å². The Bertz CT molecular complexity index is 466. The predicted molar refractivity (Wildman–Crippen MR) is 61.5 cm³/mol. The van der Waals surface area contributed by atoms with Gasteiger partial charge in [0, 0.05) is 5.56 Å². The second-order valence-electron chi connectivity index (χ2n) is 3.27. The minimum atomic E-state index is -4.68. The van der Waals surface area contributed by atoms with Crippen molar-refractivity contribution >= 4 is 17.4 Å². The molecule has 0 heterocycles. The smallest absolute Gasteiger partial charge is 0.491 e. The van der Waals surface area contributed by atoms with Gasteiger partial charge in [-0.25, -0.2) is 0 Å². The molecule has 0 bridgehead atoms. The van der Waals surface area contributed by atoms with Gasteiger partial charge in [-0.15, -0.1) is 13.2 Å². The molecular formula is C10H10ClF3N2O3. The number of hydrogen-bond acceptors (Lipinski definition) is 4. The molecule has 0 aliphatic carbocycles. The third-order valence-electron chi connectivity index (χ3n) is 1.94. The molecule has 9 heteroatoms. The minimum Gasteiger partial charge on any atom is -0.491 e. The first-order valence-electron chi connectivity index (χ1n) is 4.94. The Kier molecular flexibility index (Phi) is 5.25. The van der Waals surface area contributed by atoms with Crippen molar-refractivity contribution in [1.29, 1.82) is 0 Å². The number of nitrogens with two attached hydrogens (primary N) is 1. The number of hydrogen-bond donors (Lipinski definition) is 2. The monoisotopic (exact) mass is 298 g/mol. The first kappa shape index (κ1) is 15.4. The maximum atomic E-state index is 11.7. The highest BCUT2D eigenvalue weighted by atomic mass is 35.5. The number of ether oxygens (including phenoxy) is 2. The molecule has 0 aliphatic rings. The summed E-state index contributed by atoms with van der Waals surface area (Å²) in [5.41, 5.74) is 5.63. The third-order valence-corrected chi connectivity index (χ3v) is 2.25. The Morgan fingerprint density at radius 3 is 2.58 bits per heavy atom. The molecule has 1 aromatic carbocycles. The maximum absolute atomic E-state index is 11.7. The molecule has 0 radical (unpaired) electrons. The lowest BCUT2D eigenvalue weighted by atomic mass is 10.2. The van der Waals surface area contributed by atoms with Crippen molar-refractivity contribution in [3.63, 3.8) is 0 Å². The molecule has 0 aromatic heterocycles. The molecule has 106 valence electrons. The summed E-state index contributed by atoms with van der Waals surface area (Å²) in [7, 11) is 0. The SMILES string of the molecule is N/C(=N/O)c1ccc(OCCOC(F)(F)F)cc1Cl. The Morgan fingerprint density at radius 1 is 1.37 bits per heavy atom. The van der Waals surface area contributed by atoms with Gasteiger partial charge in [0.1, 0.15) is 12.4 Å². The topological polar surface area (TPSA) is 77.1 Å². The summed E-state index contributed by atoms with van der Waals surface area (Å²) in [5, 5.41) is 11.4. The first-order valence-corrected chi connectivity index (χ1v) is 5.32. The van der Waals surface area contributed by atoms with E-state index in [1.165, 1.54) is 18.2 Å². The van der Waals surface area contributed by atoms with Crippen LogP contribution in [0.3, 0.4) is 0 Å². The fourth-order valence-corrected chi connectivity index (χ4v) is 1.43. The van der Waals surface area contributed by atoms with Gasteiger partial charge in [-0.2, -0.15) is 0 Å². The lowest BCUT2D eigenvalue weighted by Crippen LogP contribution is -2.18. The predicted octanol–water partition coefficient (Wildman–Crippen LogP) is 2.35. The first-order chi connectivity index (χ1) is 8.83. The average molecular weight is 299 g/mol. The molecule has 0 amide bonds. The van der Waals surface area contributed by atoms with Crippen molar-refractivity contribution in [2.24, 2.45) is 10.9 Å². The highest BCUT2D eigenvalue weighted by Crippen LogP contribution is 2.22. The number of benzene rings is 1. The Morgan fingerprint density at radius 2 is 2.05 bits per heavy atom. The zero-order valence-electron chi connectivity index (χ0n) is 9.45. The highest BCUT2D eigenvalue weighted by molar-refractivity contribution is 6.34. The number of halogens is 4. The van der Waals surface area contributed by atoms with E-state index in [-0.39, 0.29) is 28.8 Å². The summed E-state index contributed by atoms with van der Waals surface area (Å²) >= 11 is 5.83. The molecule has 19 heavy (non-hydrogen) atoms. The van der Waals surface area contributed by atoms with Gasteiger partial charge < -0.3 is 15.7 Å². The average Bonchev–Trinajstić information content (AvgIpc) is 2.33. The quantitative estimate of drug-likeness (QED) is 0.288. The minimum absolute atomic E-state index is 0.143. The van der Waals surface area contributed by atoms with Gasteiger partial charge >= 0.3 is 6.36 Å². The maximum Gasteiger partial charge on any atom is 0.522 e. The van der Waals surface area contributed by atoms with Crippen LogP contribution in [0, 0.1) is 0 Å². The van der Waals surface area contributed by atoms with E-state index in [0.717, 1.165) is 0 Å². The van der Waals surface area contributed by atoms with Crippen LogP contribution in [0.1, 0.15) is 5.56 Å². The zero-order chi connectivity index (χ0) is 14.5. The van der Waals surface area contributed by atoms with Crippen LogP contribution in [0.15, 0.2) is 23.4 Å². The van der Waals surface area contributed by atoms with Crippen LogP contribution in [0.25, 0.3) is 0 Å². The van der Waals surface area contributed by atoms with Crippen LogP contribution in [0.4, 0.5) is 13.2 Å². The third kappa shape index (κ3) is 5.23. The van der Waals surface area contributed by atoms with E-state index in [4.69, 9.17) is 27.3 Å². The summed E-state index contributed by atoms with van der Waals surface area (Å²) < 4.78 is 43.6.